The summed E-state index contributed by atoms with van der Waals surface area (Å²) in [4.78, 5) is 0. The summed E-state index contributed by atoms with van der Waals surface area (Å²) in [6.45, 7) is 7.68. The molecule has 136 valence electrons. The highest BCUT2D eigenvalue weighted by atomic mass is 16.6. The molecule has 0 saturated heterocycles. The number of hydrogen-bond donors (Lipinski definition) is 0. The summed E-state index contributed by atoms with van der Waals surface area (Å²) < 4.78 is 21.4. The van der Waals surface area contributed by atoms with Crippen molar-refractivity contribution in [2.24, 2.45) is 0 Å². The van der Waals surface area contributed by atoms with Gasteiger partial charge >= 0.3 is 0 Å². The first-order chi connectivity index (χ1) is 12.2. The number of ether oxygens (including phenoxy) is 4. The van der Waals surface area contributed by atoms with Crippen LogP contribution >= 0.6 is 0 Å². The van der Waals surface area contributed by atoms with E-state index >= 15 is 0 Å². The fourth-order valence-electron chi connectivity index (χ4n) is 2.46. The molecule has 0 fully saturated rings. The Labute approximate surface area is 150 Å². The second-order valence-corrected chi connectivity index (χ2v) is 5.91. The zero-order valence-electron chi connectivity index (χ0n) is 15.4. The van der Waals surface area contributed by atoms with Gasteiger partial charge in [0.05, 0.1) is 33.0 Å². The van der Waals surface area contributed by atoms with Crippen molar-refractivity contribution in [3.63, 3.8) is 0 Å². The third kappa shape index (κ3) is 6.86. The molecule has 0 amide bonds. The Morgan fingerprint density at radius 2 is 1.36 bits per heavy atom. The highest BCUT2D eigenvalue weighted by molar-refractivity contribution is 5.68. The van der Waals surface area contributed by atoms with E-state index in [1.807, 2.05) is 12.1 Å². The summed E-state index contributed by atoms with van der Waals surface area (Å²) in [6.07, 6.45) is 0. The predicted molar refractivity (Wildman–Crippen MR) is 100 cm³/mol. The van der Waals surface area contributed by atoms with Gasteiger partial charge in [0.15, 0.2) is 0 Å². The lowest BCUT2D eigenvalue weighted by molar-refractivity contribution is 0.0180. The van der Waals surface area contributed by atoms with Crippen LogP contribution < -0.4 is 4.74 Å². The molecule has 2 aromatic rings. The van der Waals surface area contributed by atoms with Crippen LogP contribution in [-0.2, 0) is 14.2 Å². The van der Waals surface area contributed by atoms with E-state index in [1.54, 1.807) is 7.11 Å². The topological polar surface area (TPSA) is 36.9 Å². The van der Waals surface area contributed by atoms with Crippen molar-refractivity contribution in [1.82, 2.24) is 0 Å². The number of methoxy groups -OCH3 is 1. The van der Waals surface area contributed by atoms with E-state index in [4.69, 9.17) is 18.9 Å². The van der Waals surface area contributed by atoms with Crippen molar-refractivity contribution in [1.29, 1.82) is 0 Å². The first-order valence-electron chi connectivity index (χ1n) is 8.65. The molecule has 4 heteroatoms. The maximum Gasteiger partial charge on any atom is 0.119 e. The van der Waals surface area contributed by atoms with Crippen LogP contribution in [0.2, 0.25) is 0 Å². The summed E-state index contributed by atoms with van der Waals surface area (Å²) in [7, 11) is 1.66. The van der Waals surface area contributed by atoms with Crippen LogP contribution in [0.5, 0.6) is 5.75 Å². The highest BCUT2D eigenvalue weighted by Crippen LogP contribution is 2.26. The van der Waals surface area contributed by atoms with Crippen molar-refractivity contribution in [3.05, 3.63) is 53.6 Å². The van der Waals surface area contributed by atoms with Crippen LogP contribution in [0.15, 0.2) is 42.5 Å². The molecule has 0 N–H and O–H groups in total. The van der Waals surface area contributed by atoms with Gasteiger partial charge in [-0.1, -0.05) is 35.9 Å². The molecule has 0 saturated carbocycles. The molecule has 2 rings (SSSR count). The Morgan fingerprint density at radius 1 is 0.720 bits per heavy atom. The Hall–Kier alpha value is -1.88. The smallest absolute Gasteiger partial charge is 0.119 e. The van der Waals surface area contributed by atoms with Gasteiger partial charge in [-0.2, -0.15) is 0 Å². The van der Waals surface area contributed by atoms with E-state index in [1.165, 1.54) is 22.3 Å². The van der Waals surface area contributed by atoms with Gasteiger partial charge in [0.25, 0.3) is 0 Å². The average Bonchev–Trinajstić information content (AvgIpc) is 2.63. The molecule has 25 heavy (non-hydrogen) atoms. The standard InChI is InChI=1S/C21H28O4/c1-17-4-5-18(2)21(16-17)19-6-8-20(9-7-19)25-15-14-24-13-12-23-11-10-22-3/h4-9,16H,10-15H2,1-3H3. The van der Waals surface area contributed by atoms with E-state index in [-0.39, 0.29) is 0 Å². The molecule has 0 radical (unpaired) electrons. The Balaban J connectivity index is 1.69. The minimum Gasteiger partial charge on any atom is -0.491 e. The molecule has 0 unspecified atom stereocenters. The monoisotopic (exact) mass is 344 g/mol. The minimum atomic E-state index is 0.529. The van der Waals surface area contributed by atoms with E-state index in [0.29, 0.717) is 39.6 Å². The molecule has 0 atom stereocenters. The molecule has 0 spiro atoms. The first-order valence-corrected chi connectivity index (χ1v) is 8.65. The summed E-state index contributed by atoms with van der Waals surface area (Å²) in [5, 5.41) is 0. The number of rotatable bonds is 11. The summed E-state index contributed by atoms with van der Waals surface area (Å²) in [5.41, 5.74) is 5.02. The average molecular weight is 344 g/mol. The minimum absolute atomic E-state index is 0.529. The van der Waals surface area contributed by atoms with Crippen molar-refractivity contribution in [3.8, 4) is 16.9 Å². The third-order valence-corrected chi connectivity index (χ3v) is 3.86. The highest BCUT2D eigenvalue weighted by Gasteiger charge is 2.03. The van der Waals surface area contributed by atoms with E-state index in [2.05, 4.69) is 44.2 Å². The van der Waals surface area contributed by atoms with Gasteiger partial charge in [-0.25, -0.2) is 0 Å². The van der Waals surface area contributed by atoms with Crippen LogP contribution in [0.4, 0.5) is 0 Å². The van der Waals surface area contributed by atoms with Crippen molar-refractivity contribution in [2.45, 2.75) is 13.8 Å². The first kappa shape index (κ1) is 19.4. The van der Waals surface area contributed by atoms with Gasteiger partial charge < -0.3 is 18.9 Å². The maximum absolute atomic E-state index is 5.71. The van der Waals surface area contributed by atoms with E-state index in [0.717, 1.165) is 5.75 Å². The molecule has 2 aromatic carbocycles. The number of benzene rings is 2. The Kier molecular flexibility index (Phi) is 8.46. The predicted octanol–water partition coefficient (Wildman–Crippen LogP) is 4.03. The van der Waals surface area contributed by atoms with Crippen LogP contribution in [0, 0.1) is 13.8 Å². The number of hydrogen-bond acceptors (Lipinski definition) is 4. The third-order valence-electron chi connectivity index (χ3n) is 3.86. The van der Waals surface area contributed by atoms with E-state index in [9.17, 15) is 0 Å². The molecule has 0 aromatic heterocycles. The van der Waals surface area contributed by atoms with Gasteiger partial charge in [0.1, 0.15) is 12.4 Å². The molecule has 0 heterocycles. The largest absolute Gasteiger partial charge is 0.491 e. The van der Waals surface area contributed by atoms with Crippen LogP contribution in [0.1, 0.15) is 11.1 Å². The van der Waals surface area contributed by atoms with Crippen molar-refractivity contribution < 1.29 is 18.9 Å². The molecule has 0 aliphatic carbocycles. The second kappa shape index (κ2) is 10.9. The molecule has 4 nitrogen and oxygen atoms in total. The van der Waals surface area contributed by atoms with Crippen molar-refractivity contribution in [2.75, 3.05) is 46.8 Å². The van der Waals surface area contributed by atoms with Gasteiger partial charge in [-0.3, -0.25) is 0 Å². The second-order valence-electron chi connectivity index (χ2n) is 5.91. The summed E-state index contributed by atoms with van der Waals surface area (Å²) in [6, 6.07) is 14.7. The fourth-order valence-corrected chi connectivity index (χ4v) is 2.46. The van der Waals surface area contributed by atoms with Crippen LogP contribution in [0.25, 0.3) is 11.1 Å². The molecule has 0 bridgehead atoms. The fraction of sp³-hybridized carbons (Fsp3) is 0.429. The van der Waals surface area contributed by atoms with Crippen LogP contribution in [-0.4, -0.2) is 46.8 Å². The lowest BCUT2D eigenvalue weighted by Crippen LogP contribution is -2.12. The lowest BCUT2D eigenvalue weighted by Gasteiger charge is -2.10. The van der Waals surface area contributed by atoms with Gasteiger partial charge in [0.2, 0.25) is 0 Å². The van der Waals surface area contributed by atoms with Crippen LogP contribution in [0.3, 0.4) is 0 Å². The molecule has 0 aliphatic heterocycles. The van der Waals surface area contributed by atoms with Crippen molar-refractivity contribution >= 4 is 0 Å². The molecular weight excluding hydrogens is 316 g/mol. The Morgan fingerprint density at radius 3 is 2.04 bits per heavy atom. The zero-order chi connectivity index (χ0) is 17.9. The number of aryl methyl sites for hydroxylation is 2. The summed E-state index contributed by atoms with van der Waals surface area (Å²) in [5.74, 6) is 0.856. The van der Waals surface area contributed by atoms with Gasteiger partial charge in [0, 0.05) is 7.11 Å². The van der Waals surface area contributed by atoms with Gasteiger partial charge in [-0.05, 0) is 42.7 Å². The maximum atomic E-state index is 5.71. The summed E-state index contributed by atoms with van der Waals surface area (Å²) >= 11 is 0. The lowest BCUT2D eigenvalue weighted by atomic mass is 9.98. The zero-order valence-corrected chi connectivity index (χ0v) is 15.4. The normalized spacial score (nSPS) is 10.8. The van der Waals surface area contributed by atoms with E-state index < -0.39 is 0 Å². The SMILES string of the molecule is COCCOCCOCCOc1ccc(-c2cc(C)ccc2C)cc1. The Bertz CT molecular complexity index is 622. The quantitative estimate of drug-likeness (QED) is 0.577. The molecular formula is C21H28O4. The van der Waals surface area contributed by atoms with Gasteiger partial charge in [-0.15, -0.1) is 0 Å². The molecule has 0 aliphatic rings.